The Morgan fingerprint density at radius 1 is 1.03 bits per heavy atom. The lowest BCUT2D eigenvalue weighted by Gasteiger charge is -2.32. The summed E-state index contributed by atoms with van der Waals surface area (Å²) in [5.41, 5.74) is -5.87. The van der Waals surface area contributed by atoms with Gasteiger partial charge in [-0.05, 0) is 37.3 Å². The fourth-order valence-corrected chi connectivity index (χ4v) is 5.41. The summed E-state index contributed by atoms with van der Waals surface area (Å²) in [5, 5.41) is 16.0. The molecule has 2 aliphatic carbocycles. The van der Waals surface area contributed by atoms with E-state index < -0.39 is 51.6 Å². The van der Waals surface area contributed by atoms with E-state index in [0.29, 0.717) is 31.2 Å². The Balaban J connectivity index is 1.69. The summed E-state index contributed by atoms with van der Waals surface area (Å²) in [5.74, 6) is -2.25. The van der Waals surface area contributed by atoms with Crippen molar-refractivity contribution < 1.29 is 36.2 Å². The molecule has 1 aromatic carbocycles. The first kappa shape index (κ1) is 26.0. The van der Waals surface area contributed by atoms with Crippen LogP contribution in [0.1, 0.15) is 73.0 Å². The van der Waals surface area contributed by atoms with Crippen LogP contribution in [-0.4, -0.2) is 32.5 Å². The van der Waals surface area contributed by atoms with Crippen LogP contribution in [0.4, 0.5) is 26.3 Å². The minimum Gasteiger partial charge on any atom is -0.503 e. The number of carbonyl (C=O) groups excluding carboxylic acids is 1. The summed E-state index contributed by atoms with van der Waals surface area (Å²) < 4.78 is 82.2. The second-order valence-corrected chi connectivity index (χ2v) is 9.70. The van der Waals surface area contributed by atoms with Crippen molar-refractivity contribution in [1.29, 1.82) is 0 Å². The maximum Gasteiger partial charge on any atom is 0.416 e. The number of benzene rings is 1. The first-order valence-electron chi connectivity index (χ1n) is 11.6. The number of amides is 1. The van der Waals surface area contributed by atoms with Crippen molar-refractivity contribution in [2.24, 2.45) is 0 Å². The van der Waals surface area contributed by atoms with E-state index in [-0.39, 0.29) is 32.2 Å². The zero-order chi connectivity index (χ0) is 26.4. The van der Waals surface area contributed by atoms with Crippen molar-refractivity contribution in [3.63, 3.8) is 0 Å². The van der Waals surface area contributed by atoms with Gasteiger partial charge in [0.25, 0.3) is 11.3 Å². The van der Waals surface area contributed by atoms with Crippen molar-refractivity contribution in [3.8, 4) is 5.75 Å². The summed E-state index contributed by atoms with van der Waals surface area (Å²) in [6, 6.07) is 4.86. The zero-order valence-corrected chi connectivity index (χ0v) is 19.2. The van der Waals surface area contributed by atoms with E-state index >= 15 is 0 Å². The van der Waals surface area contributed by atoms with Gasteiger partial charge in [0.05, 0.1) is 18.3 Å². The molecule has 0 bridgehead atoms. The van der Waals surface area contributed by atoms with Crippen LogP contribution < -0.4 is 10.7 Å². The Hall–Kier alpha value is -3.05. The Morgan fingerprint density at radius 3 is 2.22 bits per heavy atom. The molecule has 2 saturated carbocycles. The van der Waals surface area contributed by atoms with Gasteiger partial charge in [0, 0.05) is 5.41 Å². The Labute approximate surface area is 202 Å². The molecule has 0 spiro atoms. The molecule has 6 nitrogen and oxygen atoms in total. The van der Waals surface area contributed by atoms with Crippen LogP contribution >= 0.6 is 0 Å². The largest absolute Gasteiger partial charge is 0.503 e. The van der Waals surface area contributed by atoms with E-state index in [1.165, 1.54) is 6.07 Å². The third kappa shape index (κ3) is 4.81. The van der Waals surface area contributed by atoms with Crippen LogP contribution in [0.5, 0.6) is 5.75 Å². The van der Waals surface area contributed by atoms with Crippen molar-refractivity contribution in [2.45, 2.75) is 81.2 Å². The number of hydrogen-bond acceptors (Lipinski definition) is 4. The fourth-order valence-electron chi connectivity index (χ4n) is 5.41. The number of hydrogen-bond donors (Lipinski definition) is 2. The van der Waals surface area contributed by atoms with Gasteiger partial charge in [-0.1, -0.05) is 43.9 Å². The standard InChI is InChI=1S/C24H25F6N3O3/c25-23(26,27)16-7-5-6-15(12-16)21(8-1-2-9-21)14-33-13-17(34)19(35)18(32-33)20(36)31-22(24(28,29)30)10-3-4-11-22/h5-7,12-13,34H,1-4,8-11,14H2,(H,31,36). The molecule has 0 radical (unpaired) electrons. The number of nitrogens with zero attached hydrogens (tertiary/aromatic N) is 2. The quantitative estimate of drug-likeness (QED) is 0.542. The van der Waals surface area contributed by atoms with Crippen LogP contribution in [0.25, 0.3) is 0 Å². The normalized spacial score (nSPS) is 19.4. The van der Waals surface area contributed by atoms with Crippen LogP contribution in [-0.2, 0) is 18.1 Å². The summed E-state index contributed by atoms with van der Waals surface area (Å²) in [6.07, 6.45) is -6.13. The highest BCUT2D eigenvalue weighted by Gasteiger charge is 2.57. The fraction of sp³-hybridized carbons (Fsp3) is 0.542. The molecule has 1 aromatic heterocycles. The lowest BCUT2D eigenvalue weighted by Crippen LogP contribution is -2.57. The highest BCUT2D eigenvalue weighted by molar-refractivity contribution is 5.93. The van der Waals surface area contributed by atoms with Gasteiger partial charge in [0.2, 0.25) is 0 Å². The molecule has 2 aromatic rings. The molecule has 196 valence electrons. The smallest absolute Gasteiger partial charge is 0.416 e. The van der Waals surface area contributed by atoms with Gasteiger partial charge in [0.15, 0.2) is 11.4 Å². The Morgan fingerprint density at radius 2 is 1.64 bits per heavy atom. The van der Waals surface area contributed by atoms with Gasteiger partial charge in [-0.2, -0.15) is 31.4 Å². The molecule has 2 N–H and O–H groups in total. The molecule has 2 aliphatic rings. The van der Waals surface area contributed by atoms with Crippen molar-refractivity contribution in [3.05, 3.63) is 57.5 Å². The van der Waals surface area contributed by atoms with Gasteiger partial charge in [-0.25, -0.2) is 0 Å². The van der Waals surface area contributed by atoms with E-state index in [0.717, 1.165) is 23.0 Å². The van der Waals surface area contributed by atoms with Crippen molar-refractivity contribution in [2.75, 3.05) is 0 Å². The van der Waals surface area contributed by atoms with Crippen molar-refractivity contribution >= 4 is 5.91 Å². The number of aromatic hydroxyl groups is 1. The number of carbonyl (C=O) groups is 1. The van der Waals surface area contributed by atoms with Gasteiger partial charge >= 0.3 is 12.4 Å². The minimum atomic E-state index is -4.74. The summed E-state index contributed by atoms with van der Waals surface area (Å²) in [4.78, 5) is 25.2. The molecule has 1 heterocycles. The van der Waals surface area contributed by atoms with Crippen molar-refractivity contribution in [1.82, 2.24) is 15.1 Å². The lowest BCUT2D eigenvalue weighted by atomic mass is 9.78. The maximum atomic E-state index is 13.7. The predicted molar refractivity (Wildman–Crippen MR) is 116 cm³/mol. The SMILES string of the molecule is O=C(NC1(C(F)(F)F)CCCC1)c1nn(CC2(c3cccc(C(F)(F)F)c3)CCCC2)cc(O)c1=O. The summed E-state index contributed by atoms with van der Waals surface area (Å²) in [7, 11) is 0. The molecule has 0 atom stereocenters. The van der Waals surface area contributed by atoms with E-state index in [4.69, 9.17) is 0 Å². The molecule has 36 heavy (non-hydrogen) atoms. The van der Waals surface area contributed by atoms with Crippen LogP contribution in [0.3, 0.4) is 0 Å². The molecule has 4 rings (SSSR count). The second-order valence-electron chi connectivity index (χ2n) is 9.70. The number of alkyl halides is 6. The third-order valence-corrected chi connectivity index (χ3v) is 7.34. The lowest BCUT2D eigenvalue weighted by molar-refractivity contribution is -0.191. The zero-order valence-electron chi connectivity index (χ0n) is 19.2. The first-order chi connectivity index (χ1) is 16.8. The monoisotopic (exact) mass is 517 g/mol. The third-order valence-electron chi connectivity index (χ3n) is 7.34. The number of aromatic nitrogens is 2. The van der Waals surface area contributed by atoms with Gasteiger partial charge < -0.3 is 10.4 Å². The molecule has 0 unspecified atom stereocenters. The van der Waals surface area contributed by atoms with E-state index in [2.05, 4.69) is 5.10 Å². The molecular formula is C24H25F6N3O3. The predicted octanol–water partition coefficient (Wildman–Crippen LogP) is 5.08. The van der Waals surface area contributed by atoms with Gasteiger partial charge in [-0.3, -0.25) is 14.3 Å². The molecule has 2 fully saturated rings. The average molecular weight is 517 g/mol. The minimum absolute atomic E-state index is 0.0765. The van der Waals surface area contributed by atoms with E-state index in [9.17, 15) is 41.0 Å². The van der Waals surface area contributed by atoms with E-state index in [1.54, 1.807) is 6.07 Å². The number of rotatable bonds is 5. The second kappa shape index (κ2) is 9.11. The highest BCUT2D eigenvalue weighted by Crippen LogP contribution is 2.45. The number of nitrogens with one attached hydrogen (secondary N) is 1. The highest BCUT2D eigenvalue weighted by atomic mass is 19.4. The molecule has 0 saturated heterocycles. The summed E-state index contributed by atoms with van der Waals surface area (Å²) in [6.45, 7) is -0.0765. The Bertz CT molecular complexity index is 1190. The molecule has 1 amide bonds. The van der Waals surface area contributed by atoms with Crippen LogP contribution in [0.15, 0.2) is 35.3 Å². The van der Waals surface area contributed by atoms with Crippen LogP contribution in [0.2, 0.25) is 0 Å². The average Bonchev–Trinajstić information content (AvgIpc) is 3.46. The molecular weight excluding hydrogens is 492 g/mol. The first-order valence-corrected chi connectivity index (χ1v) is 11.6. The summed E-state index contributed by atoms with van der Waals surface area (Å²) >= 11 is 0. The maximum absolute atomic E-state index is 13.7. The Kier molecular flexibility index (Phi) is 6.59. The van der Waals surface area contributed by atoms with Crippen LogP contribution in [0, 0.1) is 0 Å². The number of halogens is 6. The van der Waals surface area contributed by atoms with Gasteiger partial charge in [0.1, 0.15) is 5.54 Å². The molecule has 12 heteroatoms. The topological polar surface area (TPSA) is 84.2 Å². The van der Waals surface area contributed by atoms with E-state index in [1.807, 2.05) is 5.32 Å². The molecule has 0 aliphatic heterocycles. The van der Waals surface area contributed by atoms with Gasteiger partial charge in [-0.15, -0.1) is 0 Å².